The van der Waals surface area contributed by atoms with Crippen LogP contribution in [0.5, 0.6) is 5.75 Å². The van der Waals surface area contributed by atoms with Gasteiger partial charge in [-0.15, -0.1) is 0 Å². The molecule has 2 aromatic rings. The largest absolute Gasteiger partial charge is 0.492 e. The van der Waals surface area contributed by atoms with Gasteiger partial charge in [-0.05, 0) is 61.6 Å². The van der Waals surface area contributed by atoms with Crippen LogP contribution in [0.2, 0.25) is 0 Å². The molecule has 0 aliphatic carbocycles. The van der Waals surface area contributed by atoms with Gasteiger partial charge in [-0.25, -0.2) is 0 Å². The Morgan fingerprint density at radius 2 is 1.88 bits per heavy atom. The lowest BCUT2D eigenvalue weighted by molar-refractivity contribution is 0.102. The molecule has 126 valence electrons. The van der Waals surface area contributed by atoms with Crippen molar-refractivity contribution in [3.05, 3.63) is 59.2 Å². The standard InChI is InChI=1S/C19H23N3O2/c1-22(2)9-10-24-18-7-5-17(6-8-18)21-19(23)14-3-4-15-12-20-13-16(15)11-14/h3-8,11,20H,9-10,12-13H2,1-2H3,(H,21,23). The maximum absolute atomic E-state index is 12.4. The first-order chi connectivity index (χ1) is 11.6. The highest BCUT2D eigenvalue weighted by Gasteiger charge is 2.13. The van der Waals surface area contributed by atoms with Gasteiger partial charge in [-0.2, -0.15) is 0 Å². The van der Waals surface area contributed by atoms with Crippen LogP contribution < -0.4 is 15.4 Å². The molecule has 0 bridgehead atoms. The summed E-state index contributed by atoms with van der Waals surface area (Å²) in [6.07, 6.45) is 0. The van der Waals surface area contributed by atoms with E-state index in [0.717, 1.165) is 31.1 Å². The van der Waals surface area contributed by atoms with Gasteiger partial charge < -0.3 is 20.3 Å². The highest BCUT2D eigenvalue weighted by Crippen LogP contribution is 2.19. The van der Waals surface area contributed by atoms with Crippen molar-refractivity contribution in [3.8, 4) is 5.75 Å². The number of benzene rings is 2. The fourth-order valence-electron chi connectivity index (χ4n) is 2.62. The SMILES string of the molecule is CN(C)CCOc1ccc(NC(=O)c2ccc3c(c2)CNC3)cc1. The summed E-state index contributed by atoms with van der Waals surface area (Å²) in [5, 5.41) is 6.21. The van der Waals surface area contributed by atoms with Gasteiger partial charge in [0.1, 0.15) is 12.4 Å². The summed E-state index contributed by atoms with van der Waals surface area (Å²) in [7, 11) is 4.02. The predicted octanol–water partition coefficient (Wildman–Crippen LogP) is 2.48. The molecule has 1 aliphatic heterocycles. The Labute approximate surface area is 142 Å². The lowest BCUT2D eigenvalue weighted by Gasteiger charge is -2.11. The molecule has 0 spiro atoms. The van der Waals surface area contributed by atoms with Crippen molar-refractivity contribution in [2.75, 3.05) is 32.6 Å². The van der Waals surface area contributed by atoms with Crippen molar-refractivity contribution in [1.82, 2.24) is 10.2 Å². The summed E-state index contributed by atoms with van der Waals surface area (Å²) in [5.41, 5.74) is 3.92. The Balaban J connectivity index is 1.58. The van der Waals surface area contributed by atoms with Crippen molar-refractivity contribution >= 4 is 11.6 Å². The molecule has 0 saturated heterocycles. The van der Waals surface area contributed by atoms with E-state index in [9.17, 15) is 4.79 Å². The average Bonchev–Trinajstić information content (AvgIpc) is 3.03. The Hall–Kier alpha value is -2.37. The lowest BCUT2D eigenvalue weighted by Crippen LogP contribution is -2.19. The van der Waals surface area contributed by atoms with Gasteiger partial charge in [-0.1, -0.05) is 6.07 Å². The van der Waals surface area contributed by atoms with E-state index in [0.29, 0.717) is 12.2 Å². The maximum atomic E-state index is 12.4. The van der Waals surface area contributed by atoms with Crippen LogP contribution in [0.15, 0.2) is 42.5 Å². The van der Waals surface area contributed by atoms with Crippen molar-refractivity contribution in [2.24, 2.45) is 0 Å². The van der Waals surface area contributed by atoms with E-state index in [1.807, 2.05) is 56.6 Å². The molecular formula is C19H23N3O2. The third-order valence-electron chi connectivity index (χ3n) is 4.02. The van der Waals surface area contributed by atoms with Gasteiger partial charge in [0.15, 0.2) is 0 Å². The van der Waals surface area contributed by atoms with Crippen LogP contribution in [0.3, 0.4) is 0 Å². The van der Waals surface area contributed by atoms with E-state index in [2.05, 4.69) is 15.5 Å². The maximum Gasteiger partial charge on any atom is 0.255 e. The fraction of sp³-hybridized carbons (Fsp3) is 0.316. The summed E-state index contributed by atoms with van der Waals surface area (Å²) in [6, 6.07) is 13.3. The first kappa shape index (κ1) is 16.5. The Morgan fingerprint density at radius 3 is 2.62 bits per heavy atom. The quantitative estimate of drug-likeness (QED) is 0.857. The minimum atomic E-state index is -0.0917. The summed E-state index contributed by atoms with van der Waals surface area (Å²) in [4.78, 5) is 14.4. The second-order valence-corrected chi connectivity index (χ2v) is 6.22. The number of amides is 1. The van der Waals surface area contributed by atoms with Gasteiger partial charge in [0.25, 0.3) is 5.91 Å². The summed E-state index contributed by atoms with van der Waals surface area (Å²) in [6.45, 7) is 3.22. The molecule has 0 saturated carbocycles. The second-order valence-electron chi connectivity index (χ2n) is 6.22. The highest BCUT2D eigenvalue weighted by molar-refractivity contribution is 6.04. The molecule has 1 aliphatic rings. The summed E-state index contributed by atoms with van der Waals surface area (Å²) >= 11 is 0. The topological polar surface area (TPSA) is 53.6 Å². The molecule has 24 heavy (non-hydrogen) atoms. The number of carbonyl (C=O) groups is 1. The monoisotopic (exact) mass is 325 g/mol. The first-order valence-electron chi connectivity index (χ1n) is 8.13. The fourth-order valence-corrected chi connectivity index (χ4v) is 2.62. The molecule has 0 radical (unpaired) electrons. The van der Waals surface area contributed by atoms with E-state index >= 15 is 0 Å². The van der Waals surface area contributed by atoms with E-state index in [-0.39, 0.29) is 5.91 Å². The number of fused-ring (bicyclic) bond motifs is 1. The molecular weight excluding hydrogens is 302 g/mol. The van der Waals surface area contributed by atoms with Gasteiger partial charge in [-0.3, -0.25) is 4.79 Å². The zero-order valence-electron chi connectivity index (χ0n) is 14.1. The van der Waals surface area contributed by atoms with Crippen LogP contribution >= 0.6 is 0 Å². The third-order valence-corrected chi connectivity index (χ3v) is 4.02. The number of rotatable bonds is 6. The minimum Gasteiger partial charge on any atom is -0.492 e. The van der Waals surface area contributed by atoms with Crippen LogP contribution in [0, 0.1) is 0 Å². The highest BCUT2D eigenvalue weighted by atomic mass is 16.5. The number of anilines is 1. The van der Waals surface area contributed by atoms with Crippen LogP contribution in [-0.4, -0.2) is 38.1 Å². The zero-order chi connectivity index (χ0) is 16.9. The molecule has 2 N–H and O–H groups in total. The van der Waals surface area contributed by atoms with Gasteiger partial charge in [0, 0.05) is 30.9 Å². The van der Waals surface area contributed by atoms with E-state index < -0.39 is 0 Å². The smallest absolute Gasteiger partial charge is 0.255 e. The Morgan fingerprint density at radius 1 is 1.12 bits per heavy atom. The molecule has 3 rings (SSSR count). The second kappa shape index (κ2) is 7.47. The van der Waals surface area contributed by atoms with E-state index in [4.69, 9.17) is 4.74 Å². The molecule has 2 aromatic carbocycles. The number of nitrogens with zero attached hydrogens (tertiary/aromatic N) is 1. The minimum absolute atomic E-state index is 0.0917. The molecule has 0 fully saturated rings. The van der Waals surface area contributed by atoms with E-state index in [1.165, 1.54) is 11.1 Å². The molecule has 1 heterocycles. The number of ether oxygens (including phenoxy) is 1. The molecule has 0 aromatic heterocycles. The predicted molar refractivity (Wildman–Crippen MR) is 95.4 cm³/mol. The van der Waals surface area contributed by atoms with E-state index in [1.54, 1.807) is 0 Å². The summed E-state index contributed by atoms with van der Waals surface area (Å²) < 4.78 is 5.65. The number of nitrogens with one attached hydrogen (secondary N) is 2. The van der Waals surface area contributed by atoms with Crippen LogP contribution in [0.25, 0.3) is 0 Å². The number of carbonyl (C=O) groups excluding carboxylic acids is 1. The summed E-state index contributed by atoms with van der Waals surface area (Å²) in [5.74, 6) is 0.712. The Kier molecular flexibility index (Phi) is 5.13. The van der Waals surface area contributed by atoms with Gasteiger partial charge >= 0.3 is 0 Å². The zero-order valence-corrected chi connectivity index (χ0v) is 14.1. The number of hydrogen-bond acceptors (Lipinski definition) is 4. The third kappa shape index (κ3) is 4.13. The van der Waals surface area contributed by atoms with Crippen LogP contribution in [0.4, 0.5) is 5.69 Å². The lowest BCUT2D eigenvalue weighted by atomic mass is 10.1. The van der Waals surface area contributed by atoms with Gasteiger partial charge in [0.2, 0.25) is 0 Å². The average molecular weight is 325 g/mol. The molecule has 1 amide bonds. The molecule has 5 nitrogen and oxygen atoms in total. The first-order valence-corrected chi connectivity index (χ1v) is 8.13. The van der Waals surface area contributed by atoms with Crippen molar-refractivity contribution in [2.45, 2.75) is 13.1 Å². The molecule has 0 atom stereocenters. The van der Waals surface area contributed by atoms with Gasteiger partial charge in [0.05, 0.1) is 0 Å². The molecule has 5 heteroatoms. The van der Waals surface area contributed by atoms with Crippen LogP contribution in [0.1, 0.15) is 21.5 Å². The normalized spacial score (nSPS) is 13.0. The van der Waals surface area contributed by atoms with Crippen molar-refractivity contribution in [3.63, 3.8) is 0 Å². The number of hydrogen-bond donors (Lipinski definition) is 2. The van der Waals surface area contributed by atoms with Crippen molar-refractivity contribution < 1.29 is 9.53 Å². The van der Waals surface area contributed by atoms with Crippen LogP contribution in [-0.2, 0) is 13.1 Å². The Bertz CT molecular complexity index is 711. The van der Waals surface area contributed by atoms with Crippen molar-refractivity contribution in [1.29, 1.82) is 0 Å². The molecule has 0 unspecified atom stereocenters. The number of likely N-dealkylation sites (N-methyl/N-ethyl adjacent to an activating group) is 1.